The molecule has 1 N–H and O–H groups in total. The molecule has 7 nitrogen and oxygen atoms in total. The highest BCUT2D eigenvalue weighted by molar-refractivity contribution is 7.16. The summed E-state index contributed by atoms with van der Waals surface area (Å²) in [5.74, 6) is 0.0138. The number of nitrogens with one attached hydrogen (secondary N) is 1. The molecule has 0 aliphatic heterocycles. The minimum Gasteiger partial charge on any atom is -0.484 e. The van der Waals surface area contributed by atoms with Crippen LogP contribution in [0.1, 0.15) is 28.0 Å². The fourth-order valence-corrected chi connectivity index (χ4v) is 4.10. The van der Waals surface area contributed by atoms with Crippen LogP contribution in [0, 0.1) is 28.4 Å². The van der Waals surface area contributed by atoms with Gasteiger partial charge >= 0.3 is 0 Å². The minimum absolute atomic E-state index is 0.00330. The Bertz CT molecular complexity index is 898. The number of nitro groups is 1. The molecule has 0 fully saturated rings. The molecule has 25 heavy (non-hydrogen) atoms. The number of nitro benzene ring substituents is 1. The van der Waals surface area contributed by atoms with Gasteiger partial charge in [-0.15, -0.1) is 11.3 Å². The first-order valence-electron chi connectivity index (χ1n) is 7.72. The summed E-state index contributed by atoms with van der Waals surface area (Å²) in [5, 5.41) is 23.4. The van der Waals surface area contributed by atoms with Crippen molar-refractivity contribution in [2.45, 2.75) is 26.2 Å². The van der Waals surface area contributed by atoms with Crippen LogP contribution in [0.25, 0.3) is 0 Å². The summed E-state index contributed by atoms with van der Waals surface area (Å²) >= 11 is 1.45. The van der Waals surface area contributed by atoms with Crippen molar-refractivity contribution in [1.29, 1.82) is 5.26 Å². The monoisotopic (exact) mass is 357 g/mol. The fraction of sp³-hybridized carbons (Fsp3) is 0.294. The van der Waals surface area contributed by atoms with E-state index in [2.05, 4.69) is 11.4 Å². The van der Waals surface area contributed by atoms with E-state index in [9.17, 15) is 20.2 Å². The minimum atomic E-state index is -0.467. The van der Waals surface area contributed by atoms with Crippen molar-refractivity contribution in [2.24, 2.45) is 0 Å². The van der Waals surface area contributed by atoms with Crippen LogP contribution in [0.4, 0.5) is 10.7 Å². The van der Waals surface area contributed by atoms with Gasteiger partial charge in [0.1, 0.15) is 16.8 Å². The molecular weight excluding hydrogens is 342 g/mol. The second kappa shape index (κ2) is 6.91. The number of rotatable bonds is 5. The van der Waals surface area contributed by atoms with E-state index >= 15 is 0 Å². The third kappa shape index (κ3) is 3.46. The van der Waals surface area contributed by atoms with Crippen LogP contribution in [-0.4, -0.2) is 17.4 Å². The molecule has 0 bridgehead atoms. The Labute approximate surface area is 148 Å². The summed E-state index contributed by atoms with van der Waals surface area (Å²) in [6, 6.07) is 6.49. The van der Waals surface area contributed by atoms with E-state index < -0.39 is 4.92 Å². The number of fused-ring (bicyclic) bond motifs is 1. The number of anilines is 1. The van der Waals surface area contributed by atoms with Crippen LogP contribution >= 0.6 is 11.3 Å². The SMILES string of the molecule is Cc1cc(OCC(=O)Nc2sc3c(c2C#N)CCC3)ccc1[N+](=O)[O-]. The molecule has 0 spiro atoms. The number of nitriles is 1. The average molecular weight is 357 g/mol. The van der Waals surface area contributed by atoms with Crippen molar-refractivity contribution >= 4 is 27.9 Å². The number of hydrogen-bond donors (Lipinski definition) is 1. The number of amides is 1. The molecule has 128 valence electrons. The number of nitrogens with zero attached hydrogens (tertiary/aromatic N) is 2. The van der Waals surface area contributed by atoms with Gasteiger partial charge in [0.15, 0.2) is 6.61 Å². The molecule has 1 heterocycles. The first kappa shape index (κ1) is 16.9. The van der Waals surface area contributed by atoms with Crippen molar-refractivity contribution in [3.8, 4) is 11.8 Å². The first-order valence-corrected chi connectivity index (χ1v) is 8.53. The maximum absolute atomic E-state index is 12.1. The van der Waals surface area contributed by atoms with Gasteiger partial charge in [0.2, 0.25) is 0 Å². The second-order valence-corrected chi connectivity index (χ2v) is 6.82. The number of hydrogen-bond acceptors (Lipinski definition) is 6. The molecule has 3 rings (SSSR count). The average Bonchev–Trinajstić information content (AvgIpc) is 3.13. The molecule has 0 atom stereocenters. The zero-order valence-corrected chi connectivity index (χ0v) is 14.3. The summed E-state index contributed by atoms with van der Waals surface area (Å²) in [6.07, 6.45) is 2.87. The Hall–Kier alpha value is -2.92. The topological polar surface area (TPSA) is 105 Å². The van der Waals surface area contributed by atoms with Crippen molar-refractivity contribution in [1.82, 2.24) is 0 Å². The van der Waals surface area contributed by atoms with Crippen molar-refractivity contribution in [3.63, 3.8) is 0 Å². The van der Waals surface area contributed by atoms with Gasteiger partial charge in [0.25, 0.3) is 11.6 Å². The molecule has 1 aliphatic rings. The lowest BCUT2D eigenvalue weighted by atomic mass is 10.1. The summed E-state index contributed by atoms with van der Waals surface area (Å²) in [4.78, 5) is 23.6. The molecule has 1 amide bonds. The normalized spacial score (nSPS) is 12.3. The Morgan fingerprint density at radius 3 is 2.96 bits per heavy atom. The van der Waals surface area contributed by atoms with Gasteiger partial charge in [-0.05, 0) is 43.9 Å². The van der Waals surface area contributed by atoms with Crippen LogP contribution < -0.4 is 10.1 Å². The van der Waals surface area contributed by atoms with Gasteiger partial charge in [-0.2, -0.15) is 5.26 Å². The van der Waals surface area contributed by atoms with Crippen LogP contribution in [0.3, 0.4) is 0 Å². The lowest BCUT2D eigenvalue weighted by Gasteiger charge is -2.08. The zero-order chi connectivity index (χ0) is 18.0. The smallest absolute Gasteiger partial charge is 0.272 e. The van der Waals surface area contributed by atoms with Crippen molar-refractivity contribution in [3.05, 3.63) is 49.9 Å². The Kier molecular flexibility index (Phi) is 4.67. The molecule has 1 aromatic carbocycles. The van der Waals surface area contributed by atoms with Gasteiger partial charge in [-0.25, -0.2) is 0 Å². The lowest BCUT2D eigenvalue weighted by Crippen LogP contribution is -2.20. The van der Waals surface area contributed by atoms with Gasteiger partial charge in [0, 0.05) is 16.5 Å². The summed E-state index contributed by atoms with van der Waals surface area (Å²) in [7, 11) is 0. The Balaban J connectivity index is 1.63. The van der Waals surface area contributed by atoms with E-state index in [0.29, 0.717) is 21.9 Å². The maximum atomic E-state index is 12.1. The van der Waals surface area contributed by atoms with E-state index in [-0.39, 0.29) is 18.2 Å². The van der Waals surface area contributed by atoms with Crippen LogP contribution in [0.5, 0.6) is 5.75 Å². The van der Waals surface area contributed by atoms with Crippen molar-refractivity contribution < 1.29 is 14.5 Å². The molecule has 0 radical (unpaired) electrons. The van der Waals surface area contributed by atoms with E-state index in [1.54, 1.807) is 6.92 Å². The molecular formula is C17H15N3O4S. The van der Waals surface area contributed by atoms with E-state index in [4.69, 9.17) is 4.74 Å². The number of aryl methyl sites for hydroxylation is 2. The highest BCUT2D eigenvalue weighted by Gasteiger charge is 2.23. The number of benzene rings is 1. The maximum Gasteiger partial charge on any atom is 0.272 e. The molecule has 0 saturated carbocycles. The van der Waals surface area contributed by atoms with Gasteiger partial charge in [-0.3, -0.25) is 14.9 Å². The molecule has 1 aromatic heterocycles. The Morgan fingerprint density at radius 1 is 1.48 bits per heavy atom. The third-order valence-corrected chi connectivity index (χ3v) is 5.23. The third-order valence-electron chi connectivity index (χ3n) is 4.02. The molecule has 8 heteroatoms. The van der Waals surface area contributed by atoms with E-state index in [0.717, 1.165) is 24.8 Å². The highest BCUT2D eigenvalue weighted by atomic mass is 32.1. The van der Waals surface area contributed by atoms with Crippen LogP contribution in [0.15, 0.2) is 18.2 Å². The zero-order valence-electron chi connectivity index (χ0n) is 13.5. The van der Waals surface area contributed by atoms with Gasteiger partial charge in [-0.1, -0.05) is 0 Å². The number of ether oxygens (including phenoxy) is 1. The summed E-state index contributed by atoms with van der Waals surface area (Å²) < 4.78 is 5.39. The largest absolute Gasteiger partial charge is 0.484 e. The predicted molar refractivity (Wildman–Crippen MR) is 93.0 cm³/mol. The van der Waals surface area contributed by atoms with Gasteiger partial charge < -0.3 is 10.1 Å². The second-order valence-electron chi connectivity index (χ2n) is 5.72. The summed E-state index contributed by atoms with van der Waals surface area (Å²) in [5.41, 5.74) is 2.07. The fourth-order valence-electron chi connectivity index (χ4n) is 2.84. The first-order chi connectivity index (χ1) is 12.0. The number of carbonyl (C=O) groups is 1. The van der Waals surface area contributed by atoms with Crippen molar-refractivity contribution in [2.75, 3.05) is 11.9 Å². The quantitative estimate of drug-likeness (QED) is 0.652. The highest BCUT2D eigenvalue weighted by Crippen LogP contribution is 2.38. The number of carbonyl (C=O) groups excluding carboxylic acids is 1. The standard InChI is InChI=1S/C17H15N3O4S/c1-10-7-11(5-6-14(10)20(22)23)24-9-16(21)19-17-13(8-18)12-3-2-4-15(12)25-17/h5-7H,2-4,9H2,1H3,(H,19,21). The number of thiophene rings is 1. The molecule has 1 aliphatic carbocycles. The van der Waals surface area contributed by atoms with Crippen LogP contribution in [-0.2, 0) is 17.6 Å². The molecule has 2 aromatic rings. The summed E-state index contributed by atoms with van der Waals surface area (Å²) in [6.45, 7) is 1.38. The Morgan fingerprint density at radius 2 is 2.28 bits per heavy atom. The molecule has 0 unspecified atom stereocenters. The predicted octanol–water partition coefficient (Wildman–Crippen LogP) is 3.34. The van der Waals surface area contributed by atoms with E-state index in [1.165, 1.54) is 34.4 Å². The molecule has 0 saturated heterocycles. The van der Waals surface area contributed by atoms with Gasteiger partial charge in [0.05, 0.1) is 10.5 Å². The lowest BCUT2D eigenvalue weighted by molar-refractivity contribution is -0.385. The van der Waals surface area contributed by atoms with E-state index in [1.807, 2.05) is 0 Å². The van der Waals surface area contributed by atoms with Crippen LogP contribution in [0.2, 0.25) is 0 Å².